The van der Waals surface area contributed by atoms with E-state index in [-0.39, 0.29) is 17.4 Å². The van der Waals surface area contributed by atoms with Crippen molar-refractivity contribution in [3.8, 4) is 11.8 Å². The minimum Gasteiger partial charge on any atom is -0.406 e. The van der Waals surface area contributed by atoms with Crippen LogP contribution in [0.25, 0.3) is 0 Å². The molecule has 26 heavy (non-hydrogen) atoms. The number of benzene rings is 1. The molecule has 2 aromatic rings. The van der Waals surface area contributed by atoms with Crippen LogP contribution in [-0.2, 0) is 4.79 Å². The lowest BCUT2D eigenvalue weighted by molar-refractivity contribution is -0.274. The van der Waals surface area contributed by atoms with Crippen LogP contribution in [0.2, 0.25) is 0 Å². The highest BCUT2D eigenvalue weighted by Gasteiger charge is 2.34. The summed E-state index contributed by atoms with van der Waals surface area (Å²) >= 11 is 0. The van der Waals surface area contributed by atoms with Crippen molar-refractivity contribution < 1.29 is 22.7 Å². The quantitative estimate of drug-likeness (QED) is 0.904. The molecular weight excluding hydrogens is 349 g/mol. The van der Waals surface area contributed by atoms with Crippen LogP contribution in [0.5, 0.6) is 5.75 Å². The molecule has 0 aliphatic carbocycles. The molecule has 1 amide bonds. The molecule has 1 saturated heterocycles. The van der Waals surface area contributed by atoms with Gasteiger partial charge in [-0.2, -0.15) is 5.26 Å². The van der Waals surface area contributed by atoms with E-state index in [1.165, 1.54) is 29.2 Å². The summed E-state index contributed by atoms with van der Waals surface area (Å²) in [6.45, 7) is 0.337. The number of anilines is 2. The monoisotopic (exact) mass is 362 g/mol. The van der Waals surface area contributed by atoms with Gasteiger partial charge in [-0.05, 0) is 30.7 Å². The Hall–Kier alpha value is -3.28. The Kier molecular flexibility index (Phi) is 4.67. The molecule has 1 aromatic carbocycles. The van der Waals surface area contributed by atoms with E-state index in [0.29, 0.717) is 24.5 Å². The smallest absolute Gasteiger partial charge is 0.406 e. The van der Waals surface area contributed by atoms with Crippen molar-refractivity contribution in [3.05, 3.63) is 48.2 Å². The van der Waals surface area contributed by atoms with E-state index in [2.05, 4.69) is 15.0 Å². The van der Waals surface area contributed by atoms with Gasteiger partial charge < -0.3 is 15.0 Å². The molecule has 2 heterocycles. The minimum absolute atomic E-state index is 0.217. The zero-order valence-corrected chi connectivity index (χ0v) is 13.3. The van der Waals surface area contributed by atoms with Crippen molar-refractivity contribution in [1.82, 2.24) is 4.98 Å². The molecule has 1 atom stereocenters. The SMILES string of the molecule is N#Cc1cccc(NC2CCN(c3cccc(OC(F)(F)F)c3)C2=O)n1. The van der Waals surface area contributed by atoms with Crippen molar-refractivity contribution >= 4 is 17.4 Å². The summed E-state index contributed by atoms with van der Waals surface area (Å²) in [7, 11) is 0. The second-order valence-electron chi connectivity index (χ2n) is 5.54. The molecule has 1 N–H and O–H groups in total. The Bertz CT molecular complexity index is 864. The number of nitrogens with zero attached hydrogens (tertiary/aromatic N) is 3. The Labute approximate surface area is 146 Å². The largest absolute Gasteiger partial charge is 0.573 e. The number of alkyl halides is 3. The maximum absolute atomic E-state index is 12.6. The zero-order valence-electron chi connectivity index (χ0n) is 13.3. The van der Waals surface area contributed by atoms with E-state index in [9.17, 15) is 18.0 Å². The Morgan fingerprint density at radius 1 is 1.27 bits per heavy atom. The predicted molar refractivity (Wildman–Crippen MR) is 86.5 cm³/mol. The maximum atomic E-state index is 12.6. The van der Waals surface area contributed by atoms with Crippen LogP contribution in [0.4, 0.5) is 24.7 Å². The van der Waals surface area contributed by atoms with Crippen LogP contribution in [0.3, 0.4) is 0 Å². The fourth-order valence-corrected chi connectivity index (χ4v) is 2.67. The normalized spacial score (nSPS) is 17.1. The summed E-state index contributed by atoms with van der Waals surface area (Å²) in [5.74, 6) is -0.292. The molecule has 0 saturated carbocycles. The summed E-state index contributed by atoms with van der Waals surface area (Å²) in [5, 5.41) is 11.8. The molecule has 6 nitrogen and oxygen atoms in total. The van der Waals surface area contributed by atoms with Crippen LogP contribution >= 0.6 is 0 Å². The number of nitriles is 1. The summed E-state index contributed by atoms with van der Waals surface area (Å²) < 4.78 is 40.9. The first-order valence-corrected chi connectivity index (χ1v) is 7.66. The number of hydrogen-bond donors (Lipinski definition) is 1. The Balaban J connectivity index is 1.73. The van der Waals surface area contributed by atoms with E-state index in [1.807, 2.05) is 6.07 Å². The molecule has 0 spiro atoms. The van der Waals surface area contributed by atoms with E-state index in [1.54, 1.807) is 18.2 Å². The van der Waals surface area contributed by atoms with Gasteiger partial charge in [-0.15, -0.1) is 13.2 Å². The lowest BCUT2D eigenvalue weighted by atomic mass is 10.2. The molecule has 3 rings (SSSR count). The Morgan fingerprint density at radius 2 is 2.04 bits per heavy atom. The highest BCUT2D eigenvalue weighted by atomic mass is 19.4. The predicted octanol–water partition coefficient (Wildman–Crippen LogP) is 3.07. The molecule has 1 unspecified atom stereocenters. The van der Waals surface area contributed by atoms with Crippen molar-refractivity contribution in [1.29, 1.82) is 5.26 Å². The lowest BCUT2D eigenvalue weighted by Gasteiger charge is -2.18. The fraction of sp³-hybridized carbons (Fsp3) is 0.235. The molecular formula is C17H13F3N4O2. The number of hydrogen-bond acceptors (Lipinski definition) is 5. The first kappa shape index (κ1) is 17.5. The molecule has 1 aliphatic heterocycles. The van der Waals surface area contributed by atoms with Gasteiger partial charge in [0.25, 0.3) is 0 Å². The first-order chi connectivity index (χ1) is 12.4. The van der Waals surface area contributed by atoms with Gasteiger partial charge in [-0.3, -0.25) is 4.79 Å². The third-order valence-electron chi connectivity index (χ3n) is 3.75. The highest BCUT2D eigenvalue weighted by molar-refractivity contribution is 6.01. The van der Waals surface area contributed by atoms with Crippen molar-refractivity contribution in [2.45, 2.75) is 18.8 Å². The molecule has 1 aromatic heterocycles. The summed E-state index contributed by atoms with van der Waals surface area (Å²) in [6.07, 6.45) is -4.35. The molecule has 134 valence electrons. The zero-order chi connectivity index (χ0) is 18.7. The van der Waals surface area contributed by atoms with Gasteiger partial charge in [-0.1, -0.05) is 12.1 Å². The second-order valence-corrected chi connectivity index (χ2v) is 5.54. The van der Waals surface area contributed by atoms with Crippen molar-refractivity contribution in [3.63, 3.8) is 0 Å². The van der Waals surface area contributed by atoms with Crippen LogP contribution in [0, 0.1) is 11.3 Å². The molecule has 0 bridgehead atoms. The number of pyridine rings is 1. The van der Waals surface area contributed by atoms with E-state index in [0.717, 1.165) is 0 Å². The van der Waals surface area contributed by atoms with Gasteiger partial charge in [0, 0.05) is 18.3 Å². The number of ether oxygens (including phenoxy) is 1. The number of carbonyl (C=O) groups excluding carboxylic acids is 1. The third-order valence-corrected chi connectivity index (χ3v) is 3.75. The van der Waals surface area contributed by atoms with Gasteiger partial charge >= 0.3 is 6.36 Å². The van der Waals surface area contributed by atoms with Gasteiger partial charge in [-0.25, -0.2) is 4.98 Å². The van der Waals surface area contributed by atoms with Crippen LogP contribution < -0.4 is 15.0 Å². The van der Waals surface area contributed by atoms with Crippen LogP contribution in [0.15, 0.2) is 42.5 Å². The molecule has 1 fully saturated rings. The van der Waals surface area contributed by atoms with Gasteiger partial charge in [0.2, 0.25) is 5.91 Å². The number of carbonyl (C=O) groups is 1. The van der Waals surface area contributed by atoms with E-state index >= 15 is 0 Å². The van der Waals surface area contributed by atoms with E-state index < -0.39 is 12.4 Å². The van der Waals surface area contributed by atoms with Crippen molar-refractivity contribution in [2.75, 3.05) is 16.8 Å². The lowest BCUT2D eigenvalue weighted by Crippen LogP contribution is -2.33. The van der Waals surface area contributed by atoms with Crippen LogP contribution in [-0.4, -0.2) is 29.8 Å². The molecule has 0 radical (unpaired) electrons. The second kappa shape index (κ2) is 6.92. The van der Waals surface area contributed by atoms with Crippen LogP contribution in [0.1, 0.15) is 12.1 Å². The fourth-order valence-electron chi connectivity index (χ4n) is 2.67. The number of halogens is 3. The average Bonchev–Trinajstić information content (AvgIpc) is 2.94. The topological polar surface area (TPSA) is 78.3 Å². The maximum Gasteiger partial charge on any atom is 0.573 e. The summed E-state index contributed by atoms with van der Waals surface area (Å²) in [4.78, 5) is 18.0. The first-order valence-electron chi connectivity index (χ1n) is 7.66. The highest BCUT2D eigenvalue weighted by Crippen LogP contribution is 2.29. The molecule has 9 heteroatoms. The van der Waals surface area contributed by atoms with Gasteiger partial charge in [0.1, 0.15) is 29.4 Å². The number of amides is 1. The van der Waals surface area contributed by atoms with Crippen molar-refractivity contribution in [2.24, 2.45) is 0 Å². The standard InChI is InChI=1S/C17H13F3N4O2/c18-17(19,20)26-13-5-2-4-12(9-13)24-8-7-14(16(24)25)23-15-6-1-3-11(10-21)22-15/h1-6,9,14H,7-8H2,(H,22,23). The van der Waals surface area contributed by atoms with Gasteiger partial charge in [0.05, 0.1) is 0 Å². The minimum atomic E-state index is -4.80. The summed E-state index contributed by atoms with van der Waals surface area (Å²) in [5.41, 5.74) is 0.536. The average molecular weight is 362 g/mol. The third kappa shape index (κ3) is 4.03. The van der Waals surface area contributed by atoms with Gasteiger partial charge in [0.15, 0.2) is 0 Å². The number of nitrogens with one attached hydrogen (secondary N) is 1. The Morgan fingerprint density at radius 3 is 2.77 bits per heavy atom. The van der Waals surface area contributed by atoms with E-state index in [4.69, 9.17) is 5.26 Å². The number of aromatic nitrogens is 1. The summed E-state index contributed by atoms with van der Waals surface area (Å²) in [6, 6.07) is 11.4. The molecule has 1 aliphatic rings. The number of rotatable bonds is 4.